The molecule has 0 bridgehead atoms. The van der Waals surface area contributed by atoms with Crippen molar-refractivity contribution in [1.29, 1.82) is 0 Å². The van der Waals surface area contributed by atoms with Gasteiger partial charge in [-0.3, -0.25) is 9.59 Å². The van der Waals surface area contributed by atoms with Gasteiger partial charge in [-0.05, 0) is 49.9 Å². The zero-order chi connectivity index (χ0) is 26.6. The number of amides is 1. The molecule has 0 aliphatic heterocycles. The Morgan fingerprint density at radius 2 is 1.86 bits per heavy atom. The largest absolute Gasteiger partial charge is 0.481 e. The highest BCUT2D eigenvalue weighted by Gasteiger charge is 2.28. The summed E-state index contributed by atoms with van der Waals surface area (Å²) in [4.78, 5) is 24.7. The Morgan fingerprint density at radius 3 is 2.47 bits per heavy atom. The van der Waals surface area contributed by atoms with Gasteiger partial charge >= 0.3 is 5.97 Å². The summed E-state index contributed by atoms with van der Waals surface area (Å²) in [6, 6.07) is 12.0. The van der Waals surface area contributed by atoms with E-state index >= 15 is 0 Å². The Morgan fingerprint density at radius 1 is 1.17 bits per heavy atom. The van der Waals surface area contributed by atoms with E-state index in [9.17, 15) is 24.2 Å². The standard InChI is InChI=1S/C27H32FN3O5/c1-16(2)27(5,35)15-36-24-13-22(30-31(24)23-9-7-6-8-20(23)28)26(34)29-21(14-25(32)33)19-11-10-17(3)12-18(19)4/h6-13,16,21,35H,14-15H2,1-5H3,(H,29,34)(H,32,33)/t21-,27+/m0/s1. The predicted molar refractivity (Wildman–Crippen MR) is 133 cm³/mol. The second-order valence-electron chi connectivity index (χ2n) is 9.52. The van der Waals surface area contributed by atoms with Gasteiger partial charge in [-0.25, -0.2) is 4.39 Å². The molecule has 1 amide bonds. The number of hydrogen-bond donors (Lipinski definition) is 3. The number of carboxylic acid groups (broad SMARTS) is 1. The molecule has 192 valence electrons. The van der Waals surface area contributed by atoms with Crippen LogP contribution in [0.3, 0.4) is 0 Å². The third-order valence-electron chi connectivity index (χ3n) is 6.23. The topological polar surface area (TPSA) is 114 Å². The van der Waals surface area contributed by atoms with E-state index < -0.39 is 29.3 Å². The number of ether oxygens (including phenoxy) is 1. The van der Waals surface area contributed by atoms with Crippen molar-refractivity contribution in [3.63, 3.8) is 0 Å². The molecule has 0 saturated heterocycles. The number of aliphatic hydroxyl groups is 1. The lowest BCUT2D eigenvalue weighted by atomic mass is 9.94. The zero-order valence-corrected chi connectivity index (χ0v) is 21.1. The van der Waals surface area contributed by atoms with Gasteiger partial charge in [0.2, 0.25) is 5.88 Å². The first-order chi connectivity index (χ1) is 16.9. The van der Waals surface area contributed by atoms with Crippen molar-refractivity contribution < 1.29 is 28.9 Å². The molecule has 0 aliphatic carbocycles. The molecule has 3 aromatic rings. The Balaban J connectivity index is 1.96. The van der Waals surface area contributed by atoms with Crippen LogP contribution in [0.2, 0.25) is 0 Å². The zero-order valence-electron chi connectivity index (χ0n) is 21.1. The smallest absolute Gasteiger partial charge is 0.305 e. The van der Waals surface area contributed by atoms with Gasteiger partial charge in [-0.1, -0.05) is 49.7 Å². The SMILES string of the molecule is Cc1ccc([C@H](CC(=O)O)NC(=O)c2cc(OC[C@@](C)(O)C(C)C)n(-c3ccccc3F)n2)c(C)c1. The molecule has 0 aliphatic rings. The fraction of sp³-hybridized carbons (Fsp3) is 0.370. The Labute approximate surface area is 209 Å². The summed E-state index contributed by atoms with van der Waals surface area (Å²) >= 11 is 0. The van der Waals surface area contributed by atoms with Gasteiger partial charge in [0.1, 0.15) is 18.1 Å². The third kappa shape index (κ3) is 6.28. The molecule has 3 N–H and O–H groups in total. The molecule has 3 rings (SSSR count). The van der Waals surface area contributed by atoms with Crippen LogP contribution in [0.5, 0.6) is 5.88 Å². The molecule has 8 nitrogen and oxygen atoms in total. The van der Waals surface area contributed by atoms with Crippen LogP contribution in [0.15, 0.2) is 48.5 Å². The van der Waals surface area contributed by atoms with Crippen LogP contribution in [-0.2, 0) is 4.79 Å². The van der Waals surface area contributed by atoms with Crippen molar-refractivity contribution in [3.8, 4) is 11.6 Å². The number of nitrogens with zero attached hydrogens (tertiary/aromatic N) is 2. The third-order valence-corrected chi connectivity index (χ3v) is 6.23. The molecular formula is C27H32FN3O5. The van der Waals surface area contributed by atoms with Crippen molar-refractivity contribution >= 4 is 11.9 Å². The van der Waals surface area contributed by atoms with E-state index in [1.54, 1.807) is 19.1 Å². The van der Waals surface area contributed by atoms with Crippen LogP contribution in [0.1, 0.15) is 60.4 Å². The van der Waals surface area contributed by atoms with Gasteiger partial charge in [-0.15, -0.1) is 0 Å². The molecular weight excluding hydrogens is 465 g/mol. The molecule has 0 unspecified atom stereocenters. The summed E-state index contributed by atoms with van der Waals surface area (Å²) in [5, 5.41) is 27.0. The van der Waals surface area contributed by atoms with E-state index in [-0.39, 0.29) is 36.2 Å². The number of carbonyl (C=O) groups is 2. The number of benzene rings is 2. The second kappa shape index (κ2) is 10.9. The maximum absolute atomic E-state index is 14.6. The number of carbonyl (C=O) groups excluding carboxylic acids is 1. The summed E-state index contributed by atoms with van der Waals surface area (Å²) in [6.45, 7) is 8.96. The molecule has 0 fully saturated rings. The minimum Gasteiger partial charge on any atom is -0.481 e. The van der Waals surface area contributed by atoms with Gasteiger partial charge in [0.15, 0.2) is 5.69 Å². The number of hydrogen-bond acceptors (Lipinski definition) is 5. The van der Waals surface area contributed by atoms with E-state index in [2.05, 4.69) is 10.4 Å². The van der Waals surface area contributed by atoms with Crippen LogP contribution in [-0.4, -0.2) is 44.1 Å². The number of para-hydroxylation sites is 1. The maximum atomic E-state index is 14.6. The fourth-order valence-electron chi connectivity index (χ4n) is 3.62. The lowest BCUT2D eigenvalue weighted by molar-refractivity contribution is -0.137. The highest BCUT2D eigenvalue weighted by Crippen LogP contribution is 2.26. The lowest BCUT2D eigenvalue weighted by Crippen LogP contribution is -2.38. The molecule has 0 spiro atoms. The second-order valence-corrected chi connectivity index (χ2v) is 9.52. The maximum Gasteiger partial charge on any atom is 0.305 e. The van der Waals surface area contributed by atoms with E-state index in [0.717, 1.165) is 15.8 Å². The van der Waals surface area contributed by atoms with Crippen molar-refractivity contribution in [3.05, 3.63) is 76.7 Å². The van der Waals surface area contributed by atoms with Crippen LogP contribution in [0, 0.1) is 25.6 Å². The highest BCUT2D eigenvalue weighted by atomic mass is 19.1. The summed E-state index contributed by atoms with van der Waals surface area (Å²) in [5.41, 5.74) is 1.33. The highest BCUT2D eigenvalue weighted by molar-refractivity contribution is 5.93. The van der Waals surface area contributed by atoms with Gasteiger partial charge in [0.25, 0.3) is 5.91 Å². The average molecular weight is 498 g/mol. The summed E-state index contributed by atoms with van der Waals surface area (Å²) < 4.78 is 21.5. The van der Waals surface area contributed by atoms with Gasteiger partial charge in [0.05, 0.1) is 18.1 Å². The molecule has 9 heteroatoms. The fourth-order valence-corrected chi connectivity index (χ4v) is 3.62. The van der Waals surface area contributed by atoms with Gasteiger partial charge in [0, 0.05) is 6.07 Å². The first-order valence-corrected chi connectivity index (χ1v) is 11.7. The number of halogens is 1. The Bertz CT molecular complexity index is 1250. The monoisotopic (exact) mass is 497 g/mol. The number of aryl methyl sites for hydroxylation is 2. The minimum atomic E-state index is -1.18. The molecule has 36 heavy (non-hydrogen) atoms. The van der Waals surface area contributed by atoms with Crippen LogP contribution < -0.4 is 10.1 Å². The van der Waals surface area contributed by atoms with E-state index in [1.807, 2.05) is 39.8 Å². The Kier molecular flexibility index (Phi) is 8.14. The number of aromatic nitrogens is 2. The summed E-state index contributed by atoms with van der Waals surface area (Å²) in [5.74, 6) is -2.35. The first kappa shape index (κ1) is 26.9. The molecule has 1 heterocycles. The van der Waals surface area contributed by atoms with Crippen LogP contribution in [0.4, 0.5) is 4.39 Å². The normalized spacial score (nSPS) is 13.8. The summed E-state index contributed by atoms with van der Waals surface area (Å²) in [7, 11) is 0. The van der Waals surface area contributed by atoms with Gasteiger partial charge in [-0.2, -0.15) is 9.78 Å². The van der Waals surface area contributed by atoms with Crippen molar-refractivity contribution in [2.45, 2.75) is 52.7 Å². The molecule has 2 aromatic carbocycles. The summed E-state index contributed by atoms with van der Waals surface area (Å²) in [6.07, 6.45) is -0.329. The predicted octanol–water partition coefficient (Wildman–Crippen LogP) is 4.36. The van der Waals surface area contributed by atoms with Crippen molar-refractivity contribution in [2.75, 3.05) is 6.61 Å². The van der Waals surface area contributed by atoms with Crippen molar-refractivity contribution in [1.82, 2.24) is 15.1 Å². The first-order valence-electron chi connectivity index (χ1n) is 11.7. The van der Waals surface area contributed by atoms with E-state index in [1.165, 1.54) is 24.3 Å². The van der Waals surface area contributed by atoms with E-state index in [0.29, 0.717) is 5.56 Å². The molecule has 0 saturated carbocycles. The van der Waals surface area contributed by atoms with E-state index in [4.69, 9.17) is 4.74 Å². The number of carboxylic acids is 1. The van der Waals surface area contributed by atoms with Gasteiger partial charge < -0.3 is 20.3 Å². The quantitative estimate of drug-likeness (QED) is 0.384. The molecule has 0 radical (unpaired) electrons. The Hall–Kier alpha value is -3.72. The van der Waals surface area contributed by atoms with Crippen LogP contribution in [0.25, 0.3) is 5.69 Å². The molecule has 2 atom stereocenters. The number of nitrogens with one attached hydrogen (secondary N) is 1. The molecule has 1 aromatic heterocycles. The lowest BCUT2D eigenvalue weighted by Gasteiger charge is -2.27. The minimum absolute atomic E-state index is 0.0622. The number of rotatable bonds is 10. The van der Waals surface area contributed by atoms with Crippen LogP contribution >= 0.6 is 0 Å². The van der Waals surface area contributed by atoms with Crippen molar-refractivity contribution in [2.24, 2.45) is 5.92 Å². The average Bonchev–Trinajstić information content (AvgIpc) is 3.21. The number of aliphatic carboxylic acids is 1.